The number of hydrogen-bond acceptors (Lipinski definition) is 6. The SMILES string of the molecule is COC1C(C)=CC=CN1C1CNCCC1C(=O)N1CCN(S(=O)(=O)c2ccc3c(Cl)c[nH]c3c2)CC1. The third-order valence-electron chi connectivity index (χ3n) is 7.44. The summed E-state index contributed by atoms with van der Waals surface area (Å²) in [5.41, 5.74) is 1.77. The van der Waals surface area contributed by atoms with Gasteiger partial charge in [-0.3, -0.25) is 4.79 Å². The summed E-state index contributed by atoms with van der Waals surface area (Å²) in [4.78, 5) is 20.8. The fourth-order valence-corrected chi connectivity index (χ4v) is 7.16. The number of nitrogens with zero attached hydrogens (tertiary/aromatic N) is 3. The molecule has 3 aliphatic rings. The molecule has 0 aliphatic carbocycles. The molecule has 0 saturated carbocycles. The van der Waals surface area contributed by atoms with Crippen molar-refractivity contribution in [3.63, 3.8) is 0 Å². The number of ether oxygens (including phenoxy) is 1. The van der Waals surface area contributed by atoms with Gasteiger partial charge in [-0.05, 0) is 49.7 Å². The van der Waals surface area contributed by atoms with Crippen LogP contribution in [0, 0.1) is 5.92 Å². The molecule has 2 aromatic rings. The van der Waals surface area contributed by atoms with Gasteiger partial charge in [0.2, 0.25) is 15.9 Å². The van der Waals surface area contributed by atoms with Gasteiger partial charge in [-0.2, -0.15) is 4.31 Å². The summed E-state index contributed by atoms with van der Waals surface area (Å²) in [6.45, 7) is 4.75. The number of rotatable bonds is 5. The maximum Gasteiger partial charge on any atom is 0.243 e. The van der Waals surface area contributed by atoms with E-state index in [9.17, 15) is 13.2 Å². The summed E-state index contributed by atoms with van der Waals surface area (Å²) < 4.78 is 33.8. The Labute approximate surface area is 216 Å². The first-order chi connectivity index (χ1) is 17.3. The molecule has 5 rings (SSSR count). The van der Waals surface area contributed by atoms with Gasteiger partial charge < -0.3 is 24.8 Å². The Balaban J connectivity index is 1.27. The number of halogens is 1. The first kappa shape index (κ1) is 25.3. The van der Waals surface area contributed by atoms with Crippen molar-refractivity contribution in [2.75, 3.05) is 46.4 Å². The van der Waals surface area contributed by atoms with Crippen LogP contribution in [-0.2, 0) is 19.6 Å². The summed E-state index contributed by atoms with van der Waals surface area (Å²) >= 11 is 6.13. The molecule has 1 amide bonds. The van der Waals surface area contributed by atoms with Crippen LogP contribution in [0.25, 0.3) is 10.9 Å². The molecule has 0 spiro atoms. The summed E-state index contributed by atoms with van der Waals surface area (Å²) in [7, 11) is -2.00. The third-order valence-corrected chi connectivity index (χ3v) is 9.65. The van der Waals surface area contributed by atoms with Crippen molar-refractivity contribution in [1.82, 2.24) is 24.4 Å². The third kappa shape index (κ3) is 4.56. The molecule has 3 aliphatic heterocycles. The maximum atomic E-state index is 13.7. The zero-order chi connectivity index (χ0) is 25.4. The van der Waals surface area contributed by atoms with E-state index in [2.05, 4.69) is 15.2 Å². The lowest BCUT2D eigenvalue weighted by Crippen LogP contribution is -2.59. The molecule has 11 heteroatoms. The molecule has 1 aromatic carbocycles. The summed E-state index contributed by atoms with van der Waals surface area (Å²) in [6.07, 6.45) is 8.18. The van der Waals surface area contributed by atoms with Gasteiger partial charge in [0.25, 0.3) is 0 Å². The normalized spacial score (nSPS) is 25.9. The zero-order valence-electron chi connectivity index (χ0n) is 20.5. The van der Waals surface area contributed by atoms with E-state index in [-0.39, 0.29) is 42.1 Å². The number of piperazine rings is 1. The number of methoxy groups -OCH3 is 1. The highest BCUT2D eigenvalue weighted by Crippen LogP contribution is 2.30. The van der Waals surface area contributed by atoms with E-state index in [4.69, 9.17) is 16.3 Å². The molecule has 0 bridgehead atoms. The standard InChI is InChI=1S/C25H32ClN5O4S/c1-17-4-3-9-31(25(17)35-2)23-16-27-8-7-20(23)24(32)29-10-12-30(13-11-29)36(33,34)18-5-6-19-21(26)15-28-22(19)14-18/h3-6,9,14-15,20,23,25,27-28H,7-8,10-13,16H2,1-2H3. The molecule has 3 atom stereocenters. The lowest BCUT2D eigenvalue weighted by atomic mass is 9.89. The van der Waals surface area contributed by atoms with Crippen LogP contribution in [0.4, 0.5) is 0 Å². The average Bonchev–Trinajstić information content (AvgIpc) is 3.28. The van der Waals surface area contributed by atoms with Gasteiger partial charge in [0.1, 0.15) is 0 Å². The number of carbonyl (C=O) groups is 1. The minimum Gasteiger partial charge on any atom is -0.360 e. The highest BCUT2D eigenvalue weighted by atomic mass is 35.5. The Kier molecular flexibility index (Phi) is 7.15. The second kappa shape index (κ2) is 10.2. The number of piperidine rings is 1. The number of nitrogens with one attached hydrogen (secondary N) is 2. The number of aromatic nitrogens is 1. The smallest absolute Gasteiger partial charge is 0.243 e. The zero-order valence-corrected chi connectivity index (χ0v) is 22.1. The monoisotopic (exact) mass is 533 g/mol. The number of H-pyrrole nitrogens is 1. The average molecular weight is 534 g/mol. The van der Waals surface area contributed by atoms with Crippen LogP contribution in [0.1, 0.15) is 13.3 Å². The van der Waals surface area contributed by atoms with Crippen molar-refractivity contribution in [1.29, 1.82) is 0 Å². The van der Waals surface area contributed by atoms with Gasteiger partial charge in [-0.25, -0.2) is 8.42 Å². The highest BCUT2D eigenvalue weighted by Gasteiger charge is 2.40. The molecule has 0 radical (unpaired) electrons. The quantitative estimate of drug-likeness (QED) is 0.612. The molecule has 4 heterocycles. The van der Waals surface area contributed by atoms with E-state index in [1.807, 2.05) is 30.2 Å². The van der Waals surface area contributed by atoms with Crippen LogP contribution < -0.4 is 5.32 Å². The van der Waals surface area contributed by atoms with Gasteiger partial charge in [0.05, 0.1) is 21.9 Å². The van der Waals surface area contributed by atoms with Crippen molar-refractivity contribution in [2.24, 2.45) is 5.92 Å². The Bertz CT molecular complexity index is 1300. The van der Waals surface area contributed by atoms with Crippen molar-refractivity contribution in [2.45, 2.75) is 30.5 Å². The molecular formula is C25H32ClN5O4S. The number of hydrogen-bond donors (Lipinski definition) is 2. The highest BCUT2D eigenvalue weighted by molar-refractivity contribution is 7.89. The van der Waals surface area contributed by atoms with Gasteiger partial charge >= 0.3 is 0 Å². The second-order valence-electron chi connectivity index (χ2n) is 9.53. The Morgan fingerprint density at radius 3 is 2.72 bits per heavy atom. The summed E-state index contributed by atoms with van der Waals surface area (Å²) in [6, 6.07) is 4.88. The first-order valence-corrected chi connectivity index (χ1v) is 14.0. The molecule has 2 fully saturated rings. The maximum absolute atomic E-state index is 13.7. The van der Waals surface area contributed by atoms with Crippen LogP contribution in [-0.4, -0.2) is 92.1 Å². The molecule has 9 nitrogen and oxygen atoms in total. The van der Waals surface area contributed by atoms with Crippen molar-refractivity contribution >= 4 is 38.4 Å². The predicted molar refractivity (Wildman–Crippen MR) is 139 cm³/mol. The lowest BCUT2D eigenvalue weighted by molar-refractivity contribution is -0.141. The molecule has 36 heavy (non-hydrogen) atoms. The fraction of sp³-hybridized carbons (Fsp3) is 0.480. The number of aromatic amines is 1. The van der Waals surface area contributed by atoms with Crippen molar-refractivity contribution in [3.05, 3.63) is 53.3 Å². The first-order valence-electron chi connectivity index (χ1n) is 12.2. The van der Waals surface area contributed by atoms with E-state index in [1.165, 1.54) is 4.31 Å². The van der Waals surface area contributed by atoms with Gasteiger partial charge in [0, 0.05) is 63.1 Å². The minimum atomic E-state index is -3.68. The molecule has 2 saturated heterocycles. The van der Waals surface area contributed by atoms with Gasteiger partial charge in [-0.1, -0.05) is 17.7 Å². The predicted octanol–water partition coefficient (Wildman–Crippen LogP) is 2.38. The van der Waals surface area contributed by atoms with Crippen LogP contribution in [0.5, 0.6) is 0 Å². The molecule has 2 N–H and O–H groups in total. The van der Waals surface area contributed by atoms with Crippen molar-refractivity contribution in [3.8, 4) is 0 Å². The summed E-state index contributed by atoms with van der Waals surface area (Å²) in [5, 5.41) is 4.76. The number of fused-ring (bicyclic) bond motifs is 1. The van der Waals surface area contributed by atoms with E-state index in [1.54, 1.807) is 31.5 Å². The largest absolute Gasteiger partial charge is 0.360 e. The number of sulfonamides is 1. The second-order valence-corrected chi connectivity index (χ2v) is 11.9. The van der Waals surface area contributed by atoms with Gasteiger partial charge in [-0.15, -0.1) is 0 Å². The van der Waals surface area contributed by atoms with E-state index < -0.39 is 10.0 Å². The van der Waals surface area contributed by atoms with Crippen molar-refractivity contribution < 1.29 is 17.9 Å². The van der Waals surface area contributed by atoms with Gasteiger partial charge in [0.15, 0.2) is 6.23 Å². The Morgan fingerprint density at radius 2 is 1.97 bits per heavy atom. The van der Waals surface area contributed by atoms with E-state index in [0.717, 1.165) is 23.9 Å². The van der Waals surface area contributed by atoms with Crippen LogP contribution >= 0.6 is 11.6 Å². The van der Waals surface area contributed by atoms with Crippen LogP contribution in [0.15, 0.2) is 53.2 Å². The summed E-state index contributed by atoms with van der Waals surface area (Å²) in [5.74, 6) is -0.112. The van der Waals surface area contributed by atoms with Crippen LogP contribution in [0.3, 0.4) is 0 Å². The van der Waals surface area contributed by atoms with E-state index in [0.29, 0.717) is 30.2 Å². The molecule has 194 valence electrons. The fourth-order valence-electron chi connectivity index (χ4n) is 5.49. The number of amides is 1. The molecule has 3 unspecified atom stereocenters. The number of carbonyl (C=O) groups excluding carboxylic acids is 1. The lowest BCUT2D eigenvalue weighted by Gasteiger charge is -2.45. The number of benzene rings is 1. The Hall–Kier alpha value is -2.37. The Morgan fingerprint density at radius 1 is 1.19 bits per heavy atom. The molecule has 1 aromatic heterocycles. The number of allylic oxidation sites excluding steroid dienone is 2. The van der Waals surface area contributed by atoms with Crippen LogP contribution in [0.2, 0.25) is 5.02 Å². The molecular weight excluding hydrogens is 502 g/mol. The van der Waals surface area contributed by atoms with E-state index >= 15 is 0 Å². The topological polar surface area (TPSA) is 98.0 Å². The minimum absolute atomic E-state index is 0.0443.